The Hall–Kier alpha value is -1.51. The van der Waals surface area contributed by atoms with Gasteiger partial charge in [0, 0.05) is 12.5 Å². The summed E-state index contributed by atoms with van der Waals surface area (Å²) in [5, 5.41) is 6.47. The Labute approximate surface area is 109 Å². The molecule has 0 saturated carbocycles. The molecule has 0 fully saturated rings. The first-order chi connectivity index (χ1) is 8.33. The van der Waals surface area contributed by atoms with E-state index in [4.69, 9.17) is 0 Å². The molecule has 1 aromatic rings. The Kier molecular flexibility index (Phi) is 3.33. The highest BCUT2D eigenvalue weighted by Crippen LogP contribution is 2.31. The topological polar surface area (TPSA) is 41.1 Å². The van der Waals surface area contributed by atoms with Gasteiger partial charge in [-0.15, -0.1) is 0 Å². The van der Waals surface area contributed by atoms with Gasteiger partial charge in [0.05, 0.1) is 11.4 Å². The van der Waals surface area contributed by atoms with Gasteiger partial charge in [-0.25, -0.2) is 0 Å². The molecule has 0 aromatic heterocycles. The smallest absolute Gasteiger partial charge is 0.226 e. The predicted molar refractivity (Wildman–Crippen MR) is 75.9 cm³/mol. The second-order valence-corrected chi connectivity index (χ2v) is 6.41. The van der Waals surface area contributed by atoms with Gasteiger partial charge in [0.15, 0.2) is 0 Å². The molecular weight excluding hydrogens is 224 g/mol. The summed E-state index contributed by atoms with van der Waals surface area (Å²) in [5.74, 6) is 0.0982. The van der Waals surface area contributed by atoms with Crippen LogP contribution in [0.25, 0.3) is 0 Å². The Balaban J connectivity index is 2.24. The first-order valence-corrected chi connectivity index (χ1v) is 6.50. The Morgan fingerprint density at radius 2 is 2.00 bits per heavy atom. The van der Waals surface area contributed by atoms with E-state index in [0.717, 1.165) is 23.4 Å². The van der Waals surface area contributed by atoms with Gasteiger partial charge in [0.2, 0.25) is 5.91 Å². The van der Waals surface area contributed by atoms with Gasteiger partial charge in [0.1, 0.15) is 0 Å². The van der Waals surface area contributed by atoms with Crippen molar-refractivity contribution in [2.24, 2.45) is 5.41 Å². The number of rotatable bonds is 1. The summed E-state index contributed by atoms with van der Waals surface area (Å²) in [7, 11) is 0. The number of amides is 1. The molecule has 1 aliphatic rings. The molecular formula is C15H22N2O. The van der Waals surface area contributed by atoms with Crippen molar-refractivity contribution >= 4 is 17.3 Å². The highest BCUT2D eigenvalue weighted by Gasteiger charge is 2.24. The fourth-order valence-corrected chi connectivity index (χ4v) is 2.45. The maximum atomic E-state index is 11.9. The van der Waals surface area contributed by atoms with Crippen LogP contribution in [0.5, 0.6) is 0 Å². The summed E-state index contributed by atoms with van der Waals surface area (Å²) in [6.45, 7) is 8.64. The Morgan fingerprint density at radius 1 is 1.28 bits per heavy atom. The first kappa shape index (κ1) is 12.9. The van der Waals surface area contributed by atoms with E-state index in [0.29, 0.717) is 6.42 Å². The third-order valence-electron chi connectivity index (χ3n) is 3.10. The van der Waals surface area contributed by atoms with Crippen molar-refractivity contribution < 1.29 is 4.79 Å². The van der Waals surface area contributed by atoms with Crippen LogP contribution < -0.4 is 10.6 Å². The van der Waals surface area contributed by atoms with Crippen molar-refractivity contribution in [1.82, 2.24) is 0 Å². The molecule has 3 heteroatoms. The Bertz CT molecular complexity index is 460. The zero-order valence-corrected chi connectivity index (χ0v) is 11.6. The zero-order valence-electron chi connectivity index (χ0n) is 11.6. The highest BCUT2D eigenvalue weighted by molar-refractivity contribution is 5.96. The highest BCUT2D eigenvalue weighted by atomic mass is 16.1. The molecule has 1 amide bonds. The van der Waals surface area contributed by atoms with Crippen molar-refractivity contribution in [2.75, 3.05) is 10.6 Å². The van der Waals surface area contributed by atoms with Crippen LogP contribution in [0.3, 0.4) is 0 Å². The standard InChI is InChI=1S/C15H22N2O/c1-10-5-6-12-13(7-10)17-14(18)8-11(16-12)9-15(2,3)4/h5-7,11,16H,8-9H2,1-4H3,(H,17,18). The number of aryl methyl sites for hydroxylation is 1. The molecule has 2 N–H and O–H groups in total. The number of benzene rings is 1. The predicted octanol–water partition coefficient (Wildman–Crippen LogP) is 3.55. The van der Waals surface area contributed by atoms with Gasteiger partial charge in [-0.3, -0.25) is 4.79 Å². The van der Waals surface area contributed by atoms with Crippen molar-refractivity contribution in [2.45, 2.75) is 46.6 Å². The zero-order chi connectivity index (χ0) is 13.3. The van der Waals surface area contributed by atoms with Crippen LogP contribution in [0, 0.1) is 12.3 Å². The normalized spacial score (nSPS) is 19.6. The Morgan fingerprint density at radius 3 is 2.67 bits per heavy atom. The molecule has 0 aliphatic carbocycles. The van der Waals surface area contributed by atoms with E-state index in [-0.39, 0.29) is 17.4 Å². The molecule has 0 radical (unpaired) electrons. The number of nitrogens with one attached hydrogen (secondary N) is 2. The number of hydrogen-bond donors (Lipinski definition) is 2. The van der Waals surface area contributed by atoms with Crippen LogP contribution >= 0.6 is 0 Å². The van der Waals surface area contributed by atoms with Gasteiger partial charge in [-0.05, 0) is 36.5 Å². The molecule has 18 heavy (non-hydrogen) atoms. The molecule has 1 aromatic carbocycles. The molecule has 0 saturated heterocycles. The van der Waals surface area contributed by atoms with Crippen molar-refractivity contribution in [3.05, 3.63) is 23.8 Å². The second-order valence-electron chi connectivity index (χ2n) is 6.41. The van der Waals surface area contributed by atoms with E-state index in [1.807, 2.05) is 19.1 Å². The lowest BCUT2D eigenvalue weighted by molar-refractivity contribution is -0.116. The lowest BCUT2D eigenvalue weighted by Crippen LogP contribution is -2.27. The number of carbonyl (C=O) groups is 1. The van der Waals surface area contributed by atoms with Crippen LogP contribution in [-0.2, 0) is 4.79 Å². The third kappa shape index (κ3) is 3.25. The SMILES string of the molecule is Cc1ccc2c(c1)NC(=O)CC(CC(C)(C)C)N2. The second kappa shape index (κ2) is 4.63. The van der Waals surface area contributed by atoms with Crippen molar-refractivity contribution in [3.63, 3.8) is 0 Å². The van der Waals surface area contributed by atoms with Crippen LogP contribution in [-0.4, -0.2) is 11.9 Å². The van der Waals surface area contributed by atoms with Gasteiger partial charge in [0.25, 0.3) is 0 Å². The molecule has 0 bridgehead atoms. The molecule has 98 valence electrons. The summed E-state index contributed by atoms with van der Waals surface area (Å²) in [5.41, 5.74) is 3.30. The molecule has 1 unspecified atom stereocenters. The average Bonchev–Trinajstić information content (AvgIpc) is 2.32. The van der Waals surface area contributed by atoms with Crippen molar-refractivity contribution in [1.29, 1.82) is 0 Å². The van der Waals surface area contributed by atoms with Gasteiger partial charge in [-0.2, -0.15) is 0 Å². The number of anilines is 2. The van der Waals surface area contributed by atoms with E-state index in [9.17, 15) is 4.79 Å². The molecule has 0 spiro atoms. The molecule has 1 atom stereocenters. The first-order valence-electron chi connectivity index (χ1n) is 6.50. The average molecular weight is 246 g/mol. The minimum Gasteiger partial charge on any atom is -0.380 e. The third-order valence-corrected chi connectivity index (χ3v) is 3.10. The summed E-state index contributed by atoms with van der Waals surface area (Å²) in [6.07, 6.45) is 1.51. The van der Waals surface area contributed by atoms with Crippen LogP contribution in [0.4, 0.5) is 11.4 Å². The monoisotopic (exact) mass is 246 g/mol. The maximum Gasteiger partial charge on any atom is 0.226 e. The fourth-order valence-electron chi connectivity index (χ4n) is 2.45. The fraction of sp³-hybridized carbons (Fsp3) is 0.533. The van der Waals surface area contributed by atoms with E-state index < -0.39 is 0 Å². The molecule has 2 rings (SSSR count). The summed E-state index contributed by atoms with van der Waals surface area (Å²) in [4.78, 5) is 11.9. The quantitative estimate of drug-likeness (QED) is 0.795. The summed E-state index contributed by atoms with van der Waals surface area (Å²) in [6, 6.07) is 6.33. The number of hydrogen-bond acceptors (Lipinski definition) is 2. The van der Waals surface area contributed by atoms with E-state index in [1.165, 1.54) is 0 Å². The minimum atomic E-state index is 0.0982. The molecule has 1 aliphatic heterocycles. The lowest BCUT2D eigenvalue weighted by Gasteiger charge is -2.25. The van der Waals surface area contributed by atoms with Gasteiger partial charge >= 0.3 is 0 Å². The van der Waals surface area contributed by atoms with E-state index in [1.54, 1.807) is 0 Å². The lowest BCUT2D eigenvalue weighted by atomic mass is 9.87. The summed E-state index contributed by atoms with van der Waals surface area (Å²) < 4.78 is 0. The van der Waals surface area contributed by atoms with Gasteiger partial charge < -0.3 is 10.6 Å². The number of fused-ring (bicyclic) bond motifs is 1. The van der Waals surface area contributed by atoms with Crippen LogP contribution in [0.15, 0.2) is 18.2 Å². The van der Waals surface area contributed by atoms with Crippen LogP contribution in [0.2, 0.25) is 0 Å². The maximum absolute atomic E-state index is 11.9. The minimum absolute atomic E-state index is 0.0982. The van der Waals surface area contributed by atoms with Crippen molar-refractivity contribution in [3.8, 4) is 0 Å². The molecule has 1 heterocycles. The van der Waals surface area contributed by atoms with E-state index >= 15 is 0 Å². The summed E-state index contributed by atoms with van der Waals surface area (Å²) >= 11 is 0. The van der Waals surface area contributed by atoms with Gasteiger partial charge in [-0.1, -0.05) is 26.8 Å². The largest absolute Gasteiger partial charge is 0.380 e. The van der Waals surface area contributed by atoms with Crippen LogP contribution in [0.1, 0.15) is 39.2 Å². The molecule has 3 nitrogen and oxygen atoms in total. The van der Waals surface area contributed by atoms with E-state index in [2.05, 4.69) is 37.5 Å². The number of carbonyl (C=O) groups excluding carboxylic acids is 1.